The summed E-state index contributed by atoms with van der Waals surface area (Å²) in [5.41, 5.74) is 0.228. The maximum atomic E-state index is 12.5. The molecule has 0 spiro atoms. The van der Waals surface area contributed by atoms with Crippen molar-refractivity contribution in [2.24, 2.45) is 7.05 Å². The fourth-order valence-corrected chi connectivity index (χ4v) is 4.42. The fraction of sp³-hybridized carbons (Fsp3) is 0.333. The Morgan fingerprint density at radius 2 is 2.00 bits per heavy atom. The van der Waals surface area contributed by atoms with Gasteiger partial charge in [0.1, 0.15) is 5.56 Å². The zero-order valence-electron chi connectivity index (χ0n) is 12.5. The van der Waals surface area contributed by atoms with Gasteiger partial charge in [0.15, 0.2) is 15.5 Å². The van der Waals surface area contributed by atoms with Crippen molar-refractivity contribution in [1.82, 2.24) is 10.1 Å². The lowest BCUT2D eigenvalue weighted by molar-refractivity contribution is 0.0921. The summed E-state index contributed by atoms with van der Waals surface area (Å²) in [6, 6.07) is 8.30. The van der Waals surface area contributed by atoms with Crippen molar-refractivity contribution in [3.05, 3.63) is 46.4 Å². The van der Waals surface area contributed by atoms with E-state index in [4.69, 9.17) is 4.52 Å². The lowest BCUT2D eigenvalue weighted by Crippen LogP contribution is -2.36. The summed E-state index contributed by atoms with van der Waals surface area (Å²) in [7, 11) is -1.63. The smallest absolute Gasteiger partial charge is 0.347 e. The van der Waals surface area contributed by atoms with Gasteiger partial charge in [-0.25, -0.2) is 18.0 Å². The van der Waals surface area contributed by atoms with Crippen molar-refractivity contribution in [1.29, 1.82) is 0 Å². The van der Waals surface area contributed by atoms with Crippen molar-refractivity contribution in [2.45, 2.75) is 12.5 Å². The molecule has 3 rings (SSSR count). The van der Waals surface area contributed by atoms with Crippen molar-refractivity contribution in [3.8, 4) is 11.1 Å². The van der Waals surface area contributed by atoms with Gasteiger partial charge in [-0.2, -0.15) is 0 Å². The first kappa shape index (κ1) is 15.5. The largest absolute Gasteiger partial charge is 0.366 e. The van der Waals surface area contributed by atoms with Gasteiger partial charge in [-0.05, 0) is 12.0 Å². The van der Waals surface area contributed by atoms with Gasteiger partial charge in [-0.15, -0.1) is 0 Å². The number of nitrogens with one attached hydrogen (secondary N) is 1. The van der Waals surface area contributed by atoms with E-state index < -0.39 is 27.4 Å². The van der Waals surface area contributed by atoms with Gasteiger partial charge in [-0.3, -0.25) is 4.79 Å². The summed E-state index contributed by atoms with van der Waals surface area (Å²) in [5, 5.41) is 2.68. The van der Waals surface area contributed by atoms with Gasteiger partial charge >= 0.3 is 5.63 Å². The summed E-state index contributed by atoms with van der Waals surface area (Å²) >= 11 is 0. The van der Waals surface area contributed by atoms with Crippen LogP contribution in [0.3, 0.4) is 0 Å². The van der Waals surface area contributed by atoms with E-state index in [-0.39, 0.29) is 22.8 Å². The van der Waals surface area contributed by atoms with E-state index in [1.54, 1.807) is 30.3 Å². The number of nitrogens with zero attached hydrogens (tertiary/aromatic N) is 1. The molecule has 0 bridgehead atoms. The highest BCUT2D eigenvalue weighted by Crippen LogP contribution is 2.21. The summed E-state index contributed by atoms with van der Waals surface area (Å²) in [4.78, 5) is 24.6. The number of carbonyl (C=O) groups excluding carboxylic acids is 1. The molecule has 2 aromatic rings. The van der Waals surface area contributed by atoms with Gasteiger partial charge < -0.3 is 9.84 Å². The highest BCUT2D eigenvalue weighted by Gasteiger charge is 2.31. The Morgan fingerprint density at radius 1 is 1.30 bits per heavy atom. The van der Waals surface area contributed by atoms with Crippen LogP contribution in [-0.4, -0.2) is 36.6 Å². The minimum absolute atomic E-state index is 0.0633. The normalized spacial score (nSPS) is 19.6. The molecule has 7 nitrogen and oxygen atoms in total. The molecule has 1 aromatic carbocycles. The van der Waals surface area contributed by atoms with Crippen molar-refractivity contribution in [2.75, 3.05) is 11.5 Å². The molecular formula is C15H16N2O5S. The summed E-state index contributed by atoms with van der Waals surface area (Å²) in [6.07, 6.45) is 0.376. The monoisotopic (exact) mass is 336 g/mol. The Hall–Kier alpha value is -2.35. The number of aryl methyl sites for hydroxylation is 1. The SMILES string of the molecule is Cn1oc(=O)c(-c2ccccc2)c1C(=O)NC1CCS(=O)(=O)C1. The average Bonchev–Trinajstić information content (AvgIpc) is 2.98. The summed E-state index contributed by atoms with van der Waals surface area (Å²) < 4.78 is 29.1. The molecule has 1 saturated heterocycles. The Kier molecular flexibility index (Phi) is 3.85. The Morgan fingerprint density at radius 3 is 2.61 bits per heavy atom. The number of carbonyl (C=O) groups is 1. The molecule has 1 aliphatic rings. The van der Waals surface area contributed by atoms with Crippen LogP contribution in [0, 0.1) is 0 Å². The van der Waals surface area contributed by atoms with Crippen molar-refractivity contribution < 1.29 is 17.7 Å². The molecule has 23 heavy (non-hydrogen) atoms. The molecule has 0 aliphatic carbocycles. The van der Waals surface area contributed by atoms with Gasteiger partial charge in [-0.1, -0.05) is 30.3 Å². The van der Waals surface area contributed by atoms with Crippen LogP contribution in [-0.2, 0) is 16.9 Å². The molecule has 8 heteroatoms. The van der Waals surface area contributed by atoms with Gasteiger partial charge in [0.25, 0.3) is 5.91 Å². The topological polar surface area (TPSA) is 98.4 Å². The maximum absolute atomic E-state index is 12.5. The van der Waals surface area contributed by atoms with Crippen LogP contribution < -0.4 is 10.9 Å². The molecule has 1 aliphatic heterocycles. The quantitative estimate of drug-likeness (QED) is 0.883. The Labute approximate surface area is 132 Å². The molecule has 1 aromatic heterocycles. The third kappa shape index (κ3) is 3.07. The van der Waals surface area contributed by atoms with Crippen molar-refractivity contribution in [3.63, 3.8) is 0 Å². The predicted octanol–water partition coefficient (Wildman–Crippen LogP) is 0.562. The third-order valence-corrected chi connectivity index (χ3v) is 5.59. The first-order chi connectivity index (χ1) is 10.9. The van der Waals surface area contributed by atoms with Crippen LogP contribution >= 0.6 is 0 Å². The summed E-state index contributed by atoms with van der Waals surface area (Å²) in [5.74, 6) is -0.529. The van der Waals surface area contributed by atoms with Crippen LogP contribution in [0.25, 0.3) is 11.1 Å². The van der Waals surface area contributed by atoms with Crippen LogP contribution in [0.2, 0.25) is 0 Å². The maximum Gasteiger partial charge on any atom is 0.366 e. The number of amides is 1. The predicted molar refractivity (Wildman–Crippen MR) is 83.9 cm³/mol. The highest BCUT2D eigenvalue weighted by atomic mass is 32.2. The van der Waals surface area contributed by atoms with E-state index in [1.165, 1.54) is 7.05 Å². The number of aromatic nitrogens is 1. The second kappa shape index (κ2) is 5.69. The number of hydrogen-bond donors (Lipinski definition) is 1. The minimum atomic E-state index is -3.10. The molecule has 1 amide bonds. The minimum Gasteiger partial charge on any atom is -0.347 e. The Bertz CT molecular complexity index is 896. The van der Waals surface area contributed by atoms with E-state index in [9.17, 15) is 18.0 Å². The first-order valence-corrected chi connectivity index (χ1v) is 8.96. The zero-order valence-corrected chi connectivity index (χ0v) is 13.3. The van der Waals surface area contributed by atoms with Crippen molar-refractivity contribution >= 4 is 15.7 Å². The van der Waals surface area contributed by atoms with Gasteiger partial charge in [0.05, 0.1) is 11.5 Å². The first-order valence-electron chi connectivity index (χ1n) is 7.14. The lowest BCUT2D eigenvalue weighted by atomic mass is 10.1. The van der Waals surface area contributed by atoms with Crippen LogP contribution in [0.15, 0.2) is 39.6 Å². The number of sulfone groups is 1. The molecular weight excluding hydrogens is 320 g/mol. The Balaban J connectivity index is 1.94. The summed E-state index contributed by atoms with van der Waals surface area (Å²) in [6.45, 7) is 0. The standard InChI is InChI=1S/C15H16N2O5S/c1-17-13(14(18)16-11-7-8-23(20,21)9-11)12(15(19)22-17)10-5-3-2-4-6-10/h2-6,11H,7-9H2,1H3,(H,16,18). The highest BCUT2D eigenvalue weighted by molar-refractivity contribution is 7.91. The molecule has 0 radical (unpaired) electrons. The number of hydrogen-bond acceptors (Lipinski definition) is 5. The molecule has 122 valence electrons. The number of benzene rings is 1. The lowest BCUT2D eigenvalue weighted by Gasteiger charge is -2.11. The van der Waals surface area contributed by atoms with Crippen LogP contribution in [0.5, 0.6) is 0 Å². The third-order valence-electron chi connectivity index (χ3n) is 3.82. The van der Waals surface area contributed by atoms with E-state index in [2.05, 4.69) is 5.32 Å². The molecule has 1 unspecified atom stereocenters. The van der Waals surface area contributed by atoms with E-state index in [0.717, 1.165) is 4.74 Å². The second-order valence-corrected chi connectivity index (χ2v) is 7.77. The molecule has 1 atom stereocenters. The molecule has 1 fully saturated rings. The number of rotatable bonds is 3. The van der Waals surface area contributed by atoms with Gasteiger partial charge in [0, 0.05) is 13.1 Å². The fourth-order valence-electron chi connectivity index (χ4n) is 2.75. The molecule has 0 saturated carbocycles. The molecule has 2 heterocycles. The average molecular weight is 336 g/mol. The van der Waals surface area contributed by atoms with Crippen LogP contribution in [0.4, 0.5) is 0 Å². The molecule has 1 N–H and O–H groups in total. The van der Waals surface area contributed by atoms with E-state index in [0.29, 0.717) is 12.0 Å². The van der Waals surface area contributed by atoms with E-state index in [1.807, 2.05) is 0 Å². The second-order valence-electron chi connectivity index (χ2n) is 5.54. The van der Waals surface area contributed by atoms with E-state index >= 15 is 0 Å². The zero-order chi connectivity index (χ0) is 16.6. The van der Waals surface area contributed by atoms with Crippen LogP contribution in [0.1, 0.15) is 16.9 Å². The van der Waals surface area contributed by atoms with Gasteiger partial charge in [0.2, 0.25) is 0 Å².